The van der Waals surface area contributed by atoms with Gasteiger partial charge in [0.25, 0.3) is 0 Å². The van der Waals surface area contributed by atoms with Gasteiger partial charge in [-0.1, -0.05) is 33.6 Å². The Balaban J connectivity index is 2.50. The van der Waals surface area contributed by atoms with Crippen LogP contribution >= 0.6 is 0 Å². The van der Waals surface area contributed by atoms with Crippen LogP contribution in [0.15, 0.2) is 0 Å². The van der Waals surface area contributed by atoms with Gasteiger partial charge in [0.2, 0.25) is 0 Å². The minimum Gasteiger partial charge on any atom is -0.312 e. The molecule has 1 heterocycles. The van der Waals surface area contributed by atoms with E-state index in [1.807, 2.05) is 6.92 Å². The Hall–Kier alpha value is -0.130. The van der Waals surface area contributed by atoms with Crippen molar-refractivity contribution in [3.63, 3.8) is 0 Å². The second kappa shape index (κ2) is 9.11. The third kappa shape index (κ3) is 7.11. The second-order valence-corrected chi connectivity index (χ2v) is 9.17. The number of nitrogens with zero attached hydrogens (tertiary/aromatic N) is 1. The lowest BCUT2D eigenvalue weighted by Gasteiger charge is -2.34. The van der Waals surface area contributed by atoms with Crippen LogP contribution < -0.4 is 5.32 Å². The maximum Gasteiger partial charge on any atom is 0.151 e. The molecule has 0 aromatic heterocycles. The number of rotatable bonds is 8. The van der Waals surface area contributed by atoms with Gasteiger partial charge in [0.15, 0.2) is 9.84 Å². The van der Waals surface area contributed by atoms with Crippen LogP contribution in [-0.4, -0.2) is 56.5 Å². The van der Waals surface area contributed by atoms with Gasteiger partial charge in [-0.25, -0.2) is 8.42 Å². The molecule has 4 nitrogen and oxygen atoms in total. The van der Waals surface area contributed by atoms with Gasteiger partial charge in [-0.2, -0.15) is 0 Å². The van der Waals surface area contributed by atoms with E-state index in [0.29, 0.717) is 12.0 Å². The van der Waals surface area contributed by atoms with E-state index in [-0.39, 0.29) is 17.5 Å². The largest absolute Gasteiger partial charge is 0.312 e. The molecular weight excluding hydrogens is 284 g/mol. The van der Waals surface area contributed by atoms with E-state index in [2.05, 4.69) is 24.1 Å². The first-order valence-electron chi connectivity index (χ1n) is 8.53. The predicted molar refractivity (Wildman–Crippen MR) is 90.5 cm³/mol. The number of hydrogen-bond acceptors (Lipinski definition) is 4. The fourth-order valence-electron chi connectivity index (χ4n) is 3.09. The summed E-state index contributed by atoms with van der Waals surface area (Å²) < 4.78 is 23.4. The van der Waals surface area contributed by atoms with Crippen LogP contribution in [0.5, 0.6) is 0 Å². The molecule has 0 aromatic rings. The van der Waals surface area contributed by atoms with Gasteiger partial charge in [0.1, 0.15) is 0 Å². The van der Waals surface area contributed by atoms with E-state index >= 15 is 0 Å². The summed E-state index contributed by atoms with van der Waals surface area (Å²) in [6.07, 6.45) is 5.28. The smallest absolute Gasteiger partial charge is 0.151 e. The van der Waals surface area contributed by atoms with Crippen molar-refractivity contribution in [3.05, 3.63) is 0 Å². The number of sulfone groups is 1. The highest BCUT2D eigenvalue weighted by molar-refractivity contribution is 7.91. The van der Waals surface area contributed by atoms with Gasteiger partial charge >= 0.3 is 0 Å². The van der Waals surface area contributed by atoms with E-state index < -0.39 is 9.84 Å². The summed E-state index contributed by atoms with van der Waals surface area (Å²) in [5.41, 5.74) is 0. The topological polar surface area (TPSA) is 49.4 Å². The summed E-state index contributed by atoms with van der Waals surface area (Å²) in [5.74, 6) is 1.07. The zero-order valence-corrected chi connectivity index (χ0v) is 15.1. The summed E-state index contributed by atoms with van der Waals surface area (Å²) in [6.45, 7) is 11.5. The van der Waals surface area contributed by atoms with Crippen LogP contribution in [-0.2, 0) is 9.84 Å². The maximum absolute atomic E-state index is 11.7. The molecule has 1 fully saturated rings. The SMILES string of the molecule is CCS(=O)(=O)C[C@@H](C)NC[C@@H](C(C)C)N1CCCCCC1. The van der Waals surface area contributed by atoms with Crippen molar-refractivity contribution < 1.29 is 8.42 Å². The zero-order valence-electron chi connectivity index (χ0n) is 14.3. The molecule has 0 radical (unpaired) electrons. The first kappa shape index (κ1) is 18.9. The van der Waals surface area contributed by atoms with E-state index in [1.54, 1.807) is 6.92 Å². The molecule has 126 valence electrons. The minimum atomic E-state index is -2.89. The van der Waals surface area contributed by atoms with Crippen molar-refractivity contribution in [2.24, 2.45) is 5.92 Å². The second-order valence-electron chi connectivity index (χ2n) is 6.77. The van der Waals surface area contributed by atoms with Crippen LogP contribution in [0.3, 0.4) is 0 Å². The maximum atomic E-state index is 11.7. The first-order valence-corrected chi connectivity index (χ1v) is 10.4. The van der Waals surface area contributed by atoms with Crippen molar-refractivity contribution >= 4 is 9.84 Å². The van der Waals surface area contributed by atoms with E-state index in [4.69, 9.17) is 0 Å². The molecule has 0 aromatic carbocycles. The molecule has 1 saturated heterocycles. The monoisotopic (exact) mass is 318 g/mol. The highest BCUT2D eigenvalue weighted by Gasteiger charge is 2.23. The summed E-state index contributed by atoms with van der Waals surface area (Å²) >= 11 is 0. The van der Waals surface area contributed by atoms with Crippen molar-refractivity contribution in [2.75, 3.05) is 31.1 Å². The van der Waals surface area contributed by atoms with Crippen molar-refractivity contribution in [3.8, 4) is 0 Å². The highest BCUT2D eigenvalue weighted by Crippen LogP contribution is 2.17. The Morgan fingerprint density at radius 3 is 2.10 bits per heavy atom. The van der Waals surface area contributed by atoms with Crippen LogP contribution in [0.2, 0.25) is 0 Å². The quantitative estimate of drug-likeness (QED) is 0.746. The normalized spacial score (nSPS) is 21.2. The molecule has 0 aliphatic carbocycles. The van der Waals surface area contributed by atoms with Crippen LogP contribution in [0.1, 0.15) is 53.4 Å². The minimum absolute atomic E-state index is 0.0307. The lowest BCUT2D eigenvalue weighted by Crippen LogP contribution is -2.48. The molecule has 0 unspecified atom stereocenters. The third-order valence-corrected chi connectivity index (χ3v) is 6.39. The first-order chi connectivity index (χ1) is 9.85. The van der Waals surface area contributed by atoms with Gasteiger partial charge in [-0.05, 0) is 38.8 Å². The Labute approximate surface area is 131 Å². The molecule has 0 saturated carbocycles. The molecule has 1 aliphatic rings. The predicted octanol–water partition coefficient (Wildman–Crippen LogP) is 2.30. The van der Waals surface area contributed by atoms with E-state index in [0.717, 1.165) is 6.54 Å². The molecule has 21 heavy (non-hydrogen) atoms. The highest BCUT2D eigenvalue weighted by atomic mass is 32.2. The Morgan fingerprint density at radius 1 is 1.05 bits per heavy atom. The fourth-order valence-corrected chi connectivity index (χ4v) is 4.21. The number of likely N-dealkylation sites (tertiary alicyclic amines) is 1. The average Bonchev–Trinajstić information content (AvgIpc) is 2.67. The molecule has 5 heteroatoms. The molecule has 0 spiro atoms. The molecule has 0 amide bonds. The van der Waals surface area contributed by atoms with Crippen molar-refractivity contribution in [1.82, 2.24) is 10.2 Å². The molecule has 2 atom stereocenters. The van der Waals surface area contributed by atoms with Crippen molar-refractivity contribution in [2.45, 2.75) is 65.5 Å². The standard InChI is InChI=1S/C16H34N2O2S/c1-5-21(19,20)13-15(4)17-12-16(14(2)3)18-10-8-6-7-9-11-18/h14-17H,5-13H2,1-4H3/t15-,16+/m1/s1. The molecule has 1 aliphatic heterocycles. The molecule has 0 bridgehead atoms. The molecule has 1 rings (SSSR count). The lowest BCUT2D eigenvalue weighted by atomic mass is 10.0. The van der Waals surface area contributed by atoms with Crippen LogP contribution in [0.4, 0.5) is 0 Å². The summed E-state index contributed by atoms with van der Waals surface area (Å²) in [6, 6.07) is 0.540. The zero-order chi connectivity index (χ0) is 15.9. The summed E-state index contributed by atoms with van der Waals surface area (Å²) in [7, 11) is -2.89. The fraction of sp³-hybridized carbons (Fsp3) is 1.00. The average molecular weight is 319 g/mol. The Bertz CT molecular complexity index is 374. The summed E-state index contributed by atoms with van der Waals surface area (Å²) in [5, 5.41) is 3.45. The van der Waals surface area contributed by atoms with Gasteiger partial charge in [0.05, 0.1) is 5.75 Å². The Kier molecular flexibility index (Phi) is 8.21. The van der Waals surface area contributed by atoms with E-state index in [1.165, 1.54) is 38.8 Å². The number of hydrogen-bond donors (Lipinski definition) is 1. The number of nitrogens with one attached hydrogen (secondary N) is 1. The van der Waals surface area contributed by atoms with Gasteiger partial charge in [-0.15, -0.1) is 0 Å². The van der Waals surface area contributed by atoms with Gasteiger partial charge in [0, 0.05) is 24.4 Å². The van der Waals surface area contributed by atoms with Crippen LogP contribution in [0, 0.1) is 5.92 Å². The van der Waals surface area contributed by atoms with Crippen molar-refractivity contribution in [1.29, 1.82) is 0 Å². The Morgan fingerprint density at radius 2 is 1.62 bits per heavy atom. The summed E-state index contributed by atoms with van der Waals surface area (Å²) in [4.78, 5) is 2.60. The van der Waals surface area contributed by atoms with Gasteiger partial charge < -0.3 is 5.32 Å². The lowest BCUT2D eigenvalue weighted by molar-refractivity contribution is 0.154. The van der Waals surface area contributed by atoms with Gasteiger partial charge in [-0.3, -0.25) is 4.90 Å². The molecular formula is C16H34N2O2S. The van der Waals surface area contributed by atoms with E-state index in [9.17, 15) is 8.42 Å². The van der Waals surface area contributed by atoms with Crippen LogP contribution in [0.25, 0.3) is 0 Å². The molecule has 1 N–H and O–H groups in total. The third-order valence-electron chi connectivity index (χ3n) is 4.50.